The second-order valence-electron chi connectivity index (χ2n) is 15.0. The molecule has 0 amide bonds. The van der Waals surface area contributed by atoms with E-state index in [1.54, 1.807) is 5.82 Å². The van der Waals surface area contributed by atoms with E-state index in [-0.39, 0.29) is 0 Å². The van der Waals surface area contributed by atoms with Crippen LogP contribution >= 0.6 is 0 Å². The molecule has 0 atom stereocenters. The third kappa shape index (κ3) is 23.4. The molecule has 0 N–H and O–H groups in total. The Labute approximate surface area is 294 Å². The maximum absolute atomic E-state index is 2.59. The van der Waals surface area contributed by atoms with Crippen LogP contribution in [0.5, 0.6) is 0 Å². The highest BCUT2D eigenvalue weighted by atomic mass is 15.1. The average Bonchev–Trinajstić information content (AvgIpc) is 3.47. The fraction of sp³-hybridized carbons (Fsp3) is 0.800. The number of imidazole rings is 1. The topological polar surface area (TPSA) is 8.81 Å². The summed E-state index contributed by atoms with van der Waals surface area (Å²) in [7, 11) is 0. The molecule has 2 nitrogen and oxygen atoms in total. The highest BCUT2D eigenvalue weighted by molar-refractivity contribution is 5.13. The monoisotopic (exact) mass is 650 g/mol. The number of benzene rings is 1. The van der Waals surface area contributed by atoms with E-state index in [9.17, 15) is 0 Å². The van der Waals surface area contributed by atoms with Gasteiger partial charge in [-0.3, -0.25) is 0 Å². The van der Waals surface area contributed by atoms with Gasteiger partial charge in [0.25, 0.3) is 5.82 Å². The van der Waals surface area contributed by atoms with Gasteiger partial charge < -0.3 is 0 Å². The molecule has 0 bridgehead atoms. The van der Waals surface area contributed by atoms with Gasteiger partial charge in [0.05, 0.1) is 6.54 Å². The van der Waals surface area contributed by atoms with Gasteiger partial charge in [-0.15, -0.1) is 0 Å². The molecule has 0 spiro atoms. The Balaban J connectivity index is 1.54. The van der Waals surface area contributed by atoms with Crippen LogP contribution < -0.4 is 4.57 Å². The van der Waals surface area contributed by atoms with E-state index in [0.29, 0.717) is 0 Å². The van der Waals surface area contributed by atoms with Crippen molar-refractivity contribution < 1.29 is 4.57 Å². The molecule has 0 saturated heterocycles. The third-order valence-corrected chi connectivity index (χ3v) is 10.5. The Morgan fingerprint density at radius 1 is 0.426 bits per heavy atom. The summed E-state index contributed by atoms with van der Waals surface area (Å²) in [5.74, 6) is 1.55. The van der Waals surface area contributed by atoms with E-state index in [0.717, 1.165) is 6.54 Å². The lowest BCUT2D eigenvalue weighted by atomic mass is 10.0. The van der Waals surface area contributed by atoms with Crippen LogP contribution in [0, 0.1) is 0 Å². The number of hydrogen-bond acceptors (Lipinski definition) is 0. The van der Waals surface area contributed by atoms with E-state index in [1.807, 2.05) is 0 Å². The molecule has 2 heteroatoms. The molecule has 0 radical (unpaired) electrons. The van der Waals surface area contributed by atoms with Gasteiger partial charge in [0.2, 0.25) is 0 Å². The van der Waals surface area contributed by atoms with Gasteiger partial charge in [-0.1, -0.05) is 224 Å². The van der Waals surface area contributed by atoms with Gasteiger partial charge >= 0.3 is 0 Å². The highest BCUT2D eigenvalue weighted by Crippen LogP contribution is 2.16. The molecule has 0 fully saturated rings. The summed E-state index contributed by atoms with van der Waals surface area (Å²) >= 11 is 0. The van der Waals surface area contributed by atoms with Crippen LogP contribution in [0.25, 0.3) is 0 Å². The van der Waals surface area contributed by atoms with Crippen LogP contribution in [0.15, 0.2) is 42.7 Å². The van der Waals surface area contributed by atoms with E-state index < -0.39 is 0 Å². The lowest BCUT2D eigenvalue weighted by Crippen LogP contribution is -2.37. The molecule has 2 rings (SSSR count). The fourth-order valence-corrected chi connectivity index (χ4v) is 7.40. The van der Waals surface area contributed by atoms with E-state index in [4.69, 9.17) is 0 Å². The largest absolute Gasteiger partial charge is 0.256 e. The minimum Gasteiger partial charge on any atom is -0.234 e. The lowest BCUT2D eigenvalue weighted by Gasteiger charge is -2.07. The Kier molecular flexibility index (Phi) is 28.0. The van der Waals surface area contributed by atoms with Gasteiger partial charge in [0.1, 0.15) is 18.9 Å². The third-order valence-electron chi connectivity index (χ3n) is 10.5. The molecule has 0 unspecified atom stereocenters. The zero-order chi connectivity index (χ0) is 33.3. The van der Waals surface area contributed by atoms with Crippen molar-refractivity contribution in [3.63, 3.8) is 0 Å². The van der Waals surface area contributed by atoms with Crippen molar-refractivity contribution in [2.45, 2.75) is 232 Å². The Bertz CT molecular complexity index is 900. The van der Waals surface area contributed by atoms with Gasteiger partial charge in [-0.05, 0) is 24.8 Å². The summed E-state index contributed by atoms with van der Waals surface area (Å²) < 4.78 is 5.13. The summed E-state index contributed by atoms with van der Waals surface area (Å²) in [6.45, 7) is 6.81. The first-order valence-electron chi connectivity index (χ1n) is 21.5. The number of unbranched alkanes of at least 4 members (excludes halogenated alkanes) is 29. The molecule has 47 heavy (non-hydrogen) atoms. The summed E-state index contributed by atoms with van der Waals surface area (Å²) in [6, 6.07) is 11.0. The number of aromatic nitrogens is 2. The number of rotatable bonds is 35. The molecule has 1 heterocycles. The van der Waals surface area contributed by atoms with Crippen LogP contribution in [0.3, 0.4) is 0 Å². The molecule has 2 aromatic rings. The smallest absolute Gasteiger partial charge is 0.234 e. The van der Waals surface area contributed by atoms with Crippen molar-refractivity contribution in [1.29, 1.82) is 0 Å². The number of nitrogens with zero attached hydrogens (tertiary/aromatic N) is 2. The molecule has 0 aliphatic heterocycles. The van der Waals surface area contributed by atoms with Crippen LogP contribution in [0.1, 0.15) is 224 Å². The van der Waals surface area contributed by atoms with Gasteiger partial charge in [0, 0.05) is 6.42 Å². The quantitative estimate of drug-likeness (QED) is 0.0519. The molecule has 0 aliphatic rings. The molecular weight excluding hydrogens is 569 g/mol. The van der Waals surface area contributed by atoms with Crippen LogP contribution in [-0.4, -0.2) is 4.57 Å². The SMILES string of the molecule is CCCCCCCCCCCCCCCCCCn1cc[n+](Cc2ccccc2)c1CCCCCCCCCCCCCCCCC. The van der Waals surface area contributed by atoms with E-state index in [2.05, 4.69) is 65.7 Å². The summed E-state index contributed by atoms with van der Waals surface area (Å²) in [6.07, 6.45) is 50.4. The zero-order valence-corrected chi connectivity index (χ0v) is 32.0. The molecule has 1 aromatic carbocycles. The summed E-state index contributed by atoms with van der Waals surface area (Å²) in [5.41, 5.74) is 1.41. The molecular formula is C45H81N2+. The second kappa shape index (κ2) is 31.7. The number of hydrogen-bond donors (Lipinski definition) is 0. The van der Waals surface area contributed by atoms with Gasteiger partial charge in [-0.2, -0.15) is 0 Å². The Morgan fingerprint density at radius 2 is 0.787 bits per heavy atom. The highest BCUT2D eigenvalue weighted by Gasteiger charge is 2.17. The second-order valence-corrected chi connectivity index (χ2v) is 15.0. The standard InChI is InChI=1S/C45H81N2/c1-3-5-7-9-11-13-15-17-19-21-23-25-27-29-31-36-40-46-41-42-47(43-44-37-33-32-34-38-44)45(46)39-35-30-28-26-24-22-20-18-16-14-12-10-8-6-4-2/h32-34,37-38,41-42H,3-31,35-36,39-40,43H2,1-2H3/q+1. The lowest BCUT2D eigenvalue weighted by molar-refractivity contribution is -0.695. The minimum absolute atomic E-state index is 1.00. The fourth-order valence-electron chi connectivity index (χ4n) is 7.40. The maximum Gasteiger partial charge on any atom is 0.256 e. The molecule has 1 aromatic heterocycles. The molecule has 0 saturated carbocycles. The van der Waals surface area contributed by atoms with Crippen LogP contribution in [0.2, 0.25) is 0 Å². The first-order chi connectivity index (χ1) is 23.3. The van der Waals surface area contributed by atoms with Crippen LogP contribution in [-0.2, 0) is 19.5 Å². The van der Waals surface area contributed by atoms with E-state index >= 15 is 0 Å². The maximum atomic E-state index is 2.59. The van der Waals surface area contributed by atoms with Crippen molar-refractivity contribution in [1.82, 2.24) is 4.57 Å². The average molecular weight is 650 g/mol. The predicted octanol–water partition coefficient (Wildman–Crippen LogP) is 14.5. The molecule has 0 aliphatic carbocycles. The normalized spacial score (nSPS) is 11.5. The van der Waals surface area contributed by atoms with Crippen molar-refractivity contribution in [2.75, 3.05) is 0 Å². The number of aryl methyl sites for hydroxylation is 1. The van der Waals surface area contributed by atoms with Gasteiger partial charge in [0.15, 0.2) is 0 Å². The Morgan fingerprint density at radius 3 is 1.19 bits per heavy atom. The predicted molar refractivity (Wildman–Crippen MR) is 208 cm³/mol. The van der Waals surface area contributed by atoms with Crippen molar-refractivity contribution in [3.05, 3.63) is 54.1 Å². The minimum atomic E-state index is 1.00. The summed E-state index contributed by atoms with van der Waals surface area (Å²) in [5, 5.41) is 0. The first-order valence-corrected chi connectivity index (χ1v) is 21.5. The van der Waals surface area contributed by atoms with Crippen molar-refractivity contribution >= 4 is 0 Å². The molecule has 270 valence electrons. The Hall–Kier alpha value is -1.57. The summed E-state index contributed by atoms with van der Waals surface area (Å²) in [4.78, 5) is 0. The van der Waals surface area contributed by atoms with Crippen molar-refractivity contribution in [3.8, 4) is 0 Å². The van der Waals surface area contributed by atoms with E-state index in [1.165, 1.54) is 218 Å². The van der Waals surface area contributed by atoms with Gasteiger partial charge in [-0.25, -0.2) is 9.13 Å². The van der Waals surface area contributed by atoms with Crippen LogP contribution in [0.4, 0.5) is 0 Å². The zero-order valence-electron chi connectivity index (χ0n) is 32.0. The van der Waals surface area contributed by atoms with Crippen molar-refractivity contribution in [2.24, 2.45) is 0 Å². The first kappa shape index (κ1) is 41.6.